The van der Waals surface area contributed by atoms with Crippen LogP contribution in [0.3, 0.4) is 0 Å². The number of rotatable bonds is 2. The monoisotopic (exact) mass is 305 g/mol. The fourth-order valence-electron chi connectivity index (χ4n) is 3.22. The molecule has 1 aromatic carbocycles. The lowest BCUT2D eigenvalue weighted by atomic mass is 9.81. The molecule has 1 saturated carbocycles. The third-order valence-electron chi connectivity index (χ3n) is 4.15. The van der Waals surface area contributed by atoms with Gasteiger partial charge in [0.15, 0.2) is 0 Å². The zero-order valence-electron chi connectivity index (χ0n) is 10.3. The molecule has 0 radical (unpaired) electrons. The zero-order chi connectivity index (χ0) is 12.6. The van der Waals surface area contributed by atoms with Gasteiger partial charge in [0.1, 0.15) is 5.75 Å². The maximum absolute atomic E-state index is 9.49. The van der Waals surface area contributed by atoms with Gasteiger partial charge in [-0.1, -0.05) is 28.8 Å². The van der Waals surface area contributed by atoms with Crippen LogP contribution in [-0.2, 0) is 12.8 Å². The van der Waals surface area contributed by atoms with E-state index in [1.54, 1.807) is 0 Å². The van der Waals surface area contributed by atoms with Gasteiger partial charge in [-0.15, -0.1) is 0 Å². The molecule has 0 aromatic heterocycles. The van der Waals surface area contributed by atoms with Crippen LogP contribution in [0.1, 0.15) is 36.8 Å². The van der Waals surface area contributed by atoms with Crippen molar-refractivity contribution >= 4 is 15.9 Å². The minimum atomic E-state index is -0.152. The Morgan fingerprint density at radius 1 is 1.33 bits per heavy atom. The van der Waals surface area contributed by atoms with E-state index in [1.807, 2.05) is 0 Å². The predicted molar refractivity (Wildman–Crippen MR) is 73.6 cm³/mol. The van der Waals surface area contributed by atoms with Crippen LogP contribution in [0.5, 0.6) is 5.75 Å². The average molecular weight is 306 g/mol. The SMILES string of the molecule is N#CC1(Cc2cc(Br)cc3c2OCC3)CCCC1. The molecule has 0 N–H and O–H groups in total. The summed E-state index contributed by atoms with van der Waals surface area (Å²) in [5, 5.41) is 9.49. The van der Waals surface area contributed by atoms with Gasteiger partial charge in [0.25, 0.3) is 0 Å². The third-order valence-corrected chi connectivity index (χ3v) is 4.61. The Kier molecular flexibility index (Phi) is 3.07. The van der Waals surface area contributed by atoms with Crippen LogP contribution in [0.15, 0.2) is 16.6 Å². The maximum atomic E-state index is 9.49. The summed E-state index contributed by atoms with van der Waals surface area (Å²) in [6, 6.07) is 6.83. The molecule has 3 rings (SSSR count). The lowest BCUT2D eigenvalue weighted by Gasteiger charge is -2.21. The quantitative estimate of drug-likeness (QED) is 0.827. The summed E-state index contributed by atoms with van der Waals surface area (Å²) in [7, 11) is 0. The number of fused-ring (bicyclic) bond motifs is 1. The number of halogens is 1. The summed E-state index contributed by atoms with van der Waals surface area (Å²) in [6.45, 7) is 0.776. The molecule has 18 heavy (non-hydrogen) atoms. The molecule has 0 atom stereocenters. The first-order valence-corrected chi connectivity index (χ1v) is 7.37. The molecule has 0 amide bonds. The van der Waals surface area contributed by atoms with Crippen molar-refractivity contribution in [1.82, 2.24) is 0 Å². The van der Waals surface area contributed by atoms with Crippen LogP contribution >= 0.6 is 15.9 Å². The highest BCUT2D eigenvalue weighted by atomic mass is 79.9. The molecule has 1 heterocycles. The van der Waals surface area contributed by atoms with Crippen LogP contribution in [-0.4, -0.2) is 6.61 Å². The van der Waals surface area contributed by atoms with Gasteiger partial charge in [0, 0.05) is 10.9 Å². The van der Waals surface area contributed by atoms with E-state index in [1.165, 1.54) is 24.0 Å². The van der Waals surface area contributed by atoms with E-state index >= 15 is 0 Å². The number of nitrogens with zero attached hydrogens (tertiary/aromatic N) is 1. The van der Waals surface area contributed by atoms with E-state index in [2.05, 4.69) is 34.1 Å². The minimum Gasteiger partial charge on any atom is -0.493 e. The Hall–Kier alpha value is -1.01. The van der Waals surface area contributed by atoms with Gasteiger partial charge < -0.3 is 4.74 Å². The van der Waals surface area contributed by atoms with Gasteiger partial charge in [-0.05, 0) is 42.5 Å². The number of benzene rings is 1. The first kappa shape index (κ1) is 12.0. The summed E-state index contributed by atoms with van der Waals surface area (Å²) in [6.07, 6.45) is 6.26. The highest BCUT2D eigenvalue weighted by Crippen LogP contribution is 2.44. The number of hydrogen-bond donors (Lipinski definition) is 0. The standard InChI is InChI=1S/C15H16BrNO/c16-13-7-11-3-6-18-14(11)12(8-13)9-15(10-17)4-1-2-5-15/h7-8H,1-6,9H2. The molecule has 2 nitrogen and oxygen atoms in total. The van der Waals surface area contributed by atoms with Gasteiger partial charge in [-0.25, -0.2) is 0 Å². The van der Waals surface area contributed by atoms with Crippen LogP contribution in [0.2, 0.25) is 0 Å². The Balaban J connectivity index is 1.96. The molecule has 0 unspecified atom stereocenters. The van der Waals surface area contributed by atoms with Crippen molar-refractivity contribution in [1.29, 1.82) is 5.26 Å². The van der Waals surface area contributed by atoms with Gasteiger partial charge >= 0.3 is 0 Å². The van der Waals surface area contributed by atoms with Crippen LogP contribution in [0.4, 0.5) is 0 Å². The molecule has 2 aliphatic rings. The van der Waals surface area contributed by atoms with Gasteiger partial charge in [-0.3, -0.25) is 0 Å². The predicted octanol–water partition coefficient (Wildman–Crippen LogP) is 4.01. The Labute approximate surface area is 116 Å². The van der Waals surface area contributed by atoms with Crippen molar-refractivity contribution in [3.63, 3.8) is 0 Å². The summed E-state index contributed by atoms with van der Waals surface area (Å²) in [5.74, 6) is 1.04. The minimum absolute atomic E-state index is 0.152. The van der Waals surface area contributed by atoms with E-state index in [9.17, 15) is 5.26 Å². The Morgan fingerprint density at radius 2 is 2.11 bits per heavy atom. The zero-order valence-corrected chi connectivity index (χ0v) is 11.9. The van der Waals surface area contributed by atoms with Crippen molar-refractivity contribution in [2.75, 3.05) is 6.61 Å². The molecule has 0 saturated heterocycles. The second-order valence-corrected chi connectivity index (χ2v) is 6.34. The normalized spacial score (nSPS) is 20.2. The van der Waals surface area contributed by atoms with E-state index < -0.39 is 0 Å². The molecule has 0 bridgehead atoms. The highest BCUT2D eigenvalue weighted by molar-refractivity contribution is 9.10. The smallest absolute Gasteiger partial charge is 0.125 e. The molecule has 1 aliphatic carbocycles. The largest absolute Gasteiger partial charge is 0.493 e. The lowest BCUT2D eigenvalue weighted by molar-refractivity contribution is 0.343. The summed E-state index contributed by atoms with van der Waals surface area (Å²) < 4.78 is 6.86. The van der Waals surface area contributed by atoms with Gasteiger partial charge in [0.05, 0.1) is 18.1 Å². The Bertz CT molecular complexity index is 512. The molecule has 0 spiro atoms. The van der Waals surface area contributed by atoms with E-state index in [0.717, 1.165) is 42.5 Å². The highest BCUT2D eigenvalue weighted by Gasteiger charge is 2.35. The fraction of sp³-hybridized carbons (Fsp3) is 0.533. The Morgan fingerprint density at radius 3 is 2.83 bits per heavy atom. The summed E-state index contributed by atoms with van der Waals surface area (Å²) in [4.78, 5) is 0. The van der Waals surface area contributed by atoms with Crippen molar-refractivity contribution < 1.29 is 4.74 Å². The van der Waals surface area contributed by atoms with Crippen LogP contribution in [0.25, 0.3) is 0 Å². The van der Waals surface area contributed by atoms with Gasteiger partial charge in [-0.2, -0.15) is 5.26 Å². The van der Waals surface area contributed by atoms with Crippen LogP contribution < -0.4 is 4.74 Å². The van der Waals surface area contributed by atoms with E-state index in [0.29, 0.717) is 0 Å². The second-order valence-electron chi connectivity index (χ2n) is 5.43. The molecular weight excluding hydrogens is 290 g/mol. The van der Waals surface area contributed by atoms with Crippen molar-refractivity contribution in [3.8, 4) is 11.8 Å². The van der Waals surface area contributed by atoms with Crippen LogP contribution in [0, 0.1) is 16.7 Å². The first-order valence-electron chi connectivity index (χ1n) is 6.58. The van der Waals surface area contributed by atoms with Crippen molar-refractivity contribution in [2.45, 2.75) is 38.5 Å². The van der Waals surface area contributed by atoms with E-state index in [4.69, 9.17) is 4.74 Å². The lowest BCUT2D eigenvalue weighted by Crippen LogP contribution is -2.17. The molecular formula is C15H16BrNO. The summed E-state index contributed by atoms with van der Waals surface area (Å²) >= 11 is 3.57. The number of hydrogen-bond acceptors (Lipinski definition) is 2. The topological polar surface area (TPSA) is 33.0 Å². The number of nitriles is 1. The van der Waals surface area contributed by atoms with Crippen molar-refractivity contribution in [2.24, 2.45) is 5.41 Å². The summed E-state index contributed by atoms with van der Waals surface area (Å²) in [5.41, 5.74) is 2.34. The van der Waals surface area contributed by atoms with Gasteiger partial charge in [0.2, 0.25) is 0 Å². The average Bonchev–Trinajstić information content (AvgIpc) is 2.98. The first-order chi connectivity index (χ1) is 8.72. The molecule has 94 valence electrons. The second kappa shape index (κ2) is 4.59. The molecule has 1 fully saturated rings. The van der Waals surface area contributed by atoms with E-state index in [-0.39, 0.29) is 5.41 Å². The fourth-order valence-corrected chi connectivity index (χ4v) is 3.77. The molecule has 1 aromatic rings. The maximum Gasteiger partial charge on any atom is 0.125 e. The third kappa shape index (κ3) is 2.03. The van der Waals surface area contributed by atoms with Crippen molar-refractivity contribution in [3.05, 3.63) is 27.7 Å². The molecule has 1 aliphatic heterocycles. The number of ether oxygens (including phenoxy) is 1. The molecule has 3 heteroatoms.